The SMILES string of the molecule is C1COCC[NH2+]1.CCCCCCc1cc2c(cc1O)OC(=N)C(=C=[N-])C2c1ccc(Cl)cc1. The van der Waals surface area contributed by atoms with Gasteiger partial charge in [0, 0.05) is 28.1 Å². The van der Waals surface area contributed by atoms with Gasteiger partial charge in [-0.3, -0.25) is 11.3 Å². The van der Waals surface area contributed by atoms with Crippen molar-refractivity contribution >= 4 is 23.4 Å². The zero-order chi connectivity index (χ0) is 23.6. The summed E-state index contributed by atoms with van der Waals surface area (Å²) >= 11 is 6.01. The zero-order valence-electron chi connectivity index (χ0n) is 19.1. The van der Waals surface area contributed by atoms with Crippen molar-refractivity contribution in [3.05, 3.63) is 69.1 Å². The molecule has 2 aromatic rings. The van der Waals surface area contributed by atoms with Gasteiger partial charge in [-0.1, -0.05) is 49.9 Å². The van der Waals surface area contributed by atoms with Crippen LogP contribution in [0.4, 0.5) is 0 Å². The number of aromatic hydroxyl groups is 1. The quantitative estimate of drug-likeness (QED) is 0.431. The summed E-state index contributed by atoms with van der Waals surface area (Å²) in [6, 6.07) is 10.8. The van der Waals surface area contributed by atoms with Crippen molar-refractivity contribution in [2.75, 3.05) is 26.3 Å². The monoisotopic (exact) mass is 469 g/mol. The Kier molecular flexibility index (Phi) is 9.52. The number of hydrogen-bond donors (Lipinski definition) is 3. The van der Waals surface area contributed by atoms with E-state index < -0.39 is 5.92 Å². The first-order valence-electron chi connectivity index (χ1n) is 11.6. The number of fused-ring (bicyclic) bond motifs is 1. The smallest absolute Gasteiger partial charge is 0.222 e. The lowest BCUT2D eigenvalue weighted by Gasteiger charge is -2.29. The number of nitrogens with zero attached hydrogens (tertiary/aromatic N) is 1. The summed E-state index contributed by atoms with van der Waals surface area (Å²) in [5.41, 5.74) is 2.77. The van der Waals surface area contributed by atoms with Gasteiger partial charge in [-0.15, -0.1) is 0 Å². The summed E-state index contributed by atoms with van der Waals surface area (Å²) in [5.74, 6) is 2.14. The zero-order valence-corrected chi connectivity index (χ0v) is 19.8. The van der Waals surface area contributed by atoms with Crippen molar-refractivity contribution in [1.29, 1.82) is 5.41 Å². The number of aryl methyl sites for hydroxylation is 1. The average molecular weight is 470 g/mol. The van der Waals surface area contributed by atoms with Gasteiger partial charge >= 0.3 is 0 Å². The number of ether oxygens (including phenoxy) is 2. The minimum atomic E-state index is -0.404. The normalized spacial score (nSPS) is 17.3. The molecule has 4 rings (SSSR count). The molecule has 2 heterocycles. The molecule has 2 aromatic carbocycles. The van der Waals surface area contributed by atoms with Crippen LogP contribution in [0.1, 0.15) is 55.2 Å². The molecule has 2 aliphatic rings. The molecule has 33 heavy (non-hydrogen) atoms. The number of quaternary nitrogens is 1. The van der Waals surface area contributed by atoms with Crippen molar-refractivity contribution in [2.24, 2.45) is 0 Å². The first-order chi connectivity index (χ1) is 16.0. The number of morpholine rings is 1. The third kappa shape index (κ3) is 6.68. The molecule has 0 amide bonds. The number of phenols is 1. The van der Waals surface area contributed by atoms with E-state index in [2.05, 4.69) is 18.1 Å². The number of nitrogens with two attached hydrogens (primary N) is 1. The number of unbranched alkanes of at least 4 members (excludes halogenated alkanes) is 3. The predicted octanol–water partition coefficient (Wildman–Crippen LogP) is 4.42. The number of halogens is 1. The molecule has 0 aromatic heterocycles. The molecule has 0 spiro atoms. The van der Waals surface area contributed by atoms with E-state index in [1.54, 1.807) is 18.2 Å². The number of hydrogen-bond acceptors (Lipinski definition) is 4. The largest absolute Gasteiger partial charge is 0.763 e. The maximum atomic E-state index is 10.4. The number of rotatable bonds is 6. The Morgan fingerprint density at radius 1 is 1.15 bits per heavy atom. The second kappa shape index (κ2) is 12.6. The molecule has 0 aliphatic carbocycles. The van der Waals surface area contributed by atoms with Crippen LogP contribution in [0.2, 0.25) is 5.02 Å². The van der Waals surface area contributed by atoms with Gasteiger partial charge in [0.1, 0.15) is 11.5 Å². The Hall–Kier alpha value is -2.63. The van der Waals surface area contributed by atoms with E-state index in [4.69, 9.17) is 26.5 Å². The fourth-order valence-corrected chi connectivity index (χ4v) is 4.16. The molecular formula is C26H32ClN3O3. The van der Waals surface area contributed by atoms with Gasteiger partial charge in [-0.25, -0.2) is 0 Å². The Labute approximate surface area is 200 Å². The second-order valence-corrected chi connectivity index (χ2v) is 8.69. The summed E-state index contributed by atoms with van der Waals surface area (Å²) in [6.07, 6.45) is 5.21. The number of phenolic OH excluding ortho intramolecular Hbond substituents is 1. The molecule has 1 saturated heterocycles. The molecule has 0 radical (unpaired) electrons. The molecule has 2 aliphatic heterocycles. The standard InChI is InChI=1S/C22H22ClN2O2.C4H9NO/c1-2-3-4-5-6-15-11-17-20(12-19(15)26)27-22(25)18(13-24)21(17)14-7-9-16(23)10-8-14;1-3-6-4-2-5-1/h7-12,21,25-26H,2-6H2,1H3;5H,1-4H2/q-1;/p+1. The van der Waals surface area contributed by atoms with Gasteiger partial charge in [0.15, 0.2) is 0 Å². The molecule has 1 unspecified atom stereocenters. The molecule has 0 bridgehead atoms. The third-order valence-corrected chi connectivity index (χ3v) is 6.08. The van der Waals surface area contributed by atoms with Crippen LogP contribution in [0, 0.1) is 5.41 Å². The maximum Gasteiger partial charge on any atom is 0.222 e. The Bertz CT molecular complexity index is 985. The fraction of sp³-hybridized carbons (Fsp3) is 0.423. The molecule has 1 fully saturated rings. The summed E-state index contributed by atoms with van der Waals surface area (Å²) in [7, 11) is 0. The van der Waals surface area contributed by atoms with Crippen LogP contribution in [0.15, 0.2) is 42.0 Å². The van der Waals surface area contributed by atoms with Crippen LogP contribution >= 0.6 is 11.6 Å². The summed E-state index contributed by atoms with van der Waals surface area (Å²) in [4.78, 5) is 0. The summed E-state index contributed by atoms with van der Waals surface area (Å²) < 4.78 is 10.6. The Morgan fingerprint density at radius 3 is 2.45 bits per heavy atom. The number of benzene rings is 2. The van der Waals surface area contributed by atoms with Crippen molar-refractivity contribution in [1.82, 2.24) is 0 Å². The first-order valence-corrected chi connectivity index (χ1v) is 12.0. The Morgan fingerprint density at radius 2 is 1.88 bits per heavy atom. The van der Waals surface area contributed by atoms with Crippen LogP contribution < -0.4 is 10.1 Å². The highest BCUT2D eigenvalue weighted by Gasteiger charge is 2.31. The van der Waals surface area contributed by atoms with Gasteiger partial charge in [0.2, 0.25) is 5.90 Å². The van der Waals surface area contributed by atoms with Crippen molar-refractivity contribution in [3.8, 4) is 11.5 Å². The van der Waals surface area contributed by atoms with E-state index in [9.17, 15) is 10.5 Å². The second-order valence-electron chi connectivity index (χ2n) is 8.25. The first kappa shape index (κ1) is 25.0. The van der Waals surface area contributed by atoms with Crippen LogP contribution in [-0.2, 0) is 11.2 Å². The van der Waals surface area contributed by atoms with Crippen molar-refractivity contribution in [2.45, 2.75) is 44.9 Å². The molecule has 176 valence electrons. The molecule has 7 heteroatoms. The van der Waals surface area contributed by atoms with E-state index in [1.807, 2.05) is 18.2 Å². The van der Waals surface area contributed by atoms with Crippen LogP contribution in [0.5, 0.6) is 11.5 Å². The highest BCUT2D eigenvalue weighted by Crippen LogP contribution is 2.44. The van der Waals surface area contributed by atoms with Gasteiger partial charge in [-0.05, 0) is 42.2 Å². The lowest BCUT2D eigenvalue weighted by Crippen LogP contribution is -2.87. The summed E-state index contributed by atoms with van der Waals surface area (Å²) in [6.45, 7) is 6.36. The van der Waals surface area contributed by atoms with Crippen LogP contribution in [0.25, 0.3) is 5.41 Å². The fourth-order valence-electron chi connectivity index (χ4n) is 4.04. The van der Waals surface area contributed by atoms with E-state index >= 15 is 0 Å². The average Bonchev–Trinajstić information content (AvgIpc) is 2.83. The molecule has 0 saturated carbocycles. The van der Waals surface area contributed by atoms with E-state index in [1.165, 1.54) is 6.42 Å². The van der Waals surface area contributed by atoms with E-state index in [-0.39, 0.29) is 17.2 Å². The lowest BCUT2D eigenvalue weighted by molar-refractivity contribution is -0.670. The minimum Gasteiger partial charge on any atom is -0.763 e. The van der Waals surface area contributed by atoms with Gasteiger partial charge in [0.25, 0.3) is 0 Å². The van der Waals surface area contributed by atoms with E-state index in [0.717, 1.165) is 68.7 Å². The van der Waals surface area contributed by atoms with Gasteiger partial charge in [0.05, 0.1) is 26.3 Å². The lowest BCUT2D eigenvalue weighted by atomic mass is 9.82. The number of nitrogens with one attached hydrogen (secondary N) is 1. The minimum absolute atomic E-state index is 0.174. The molecule has 4 N–H and O–H groups in total. The third-order valence-electron chi connectivity index (χ3n) is 5.82. The summed E-state index contributed by atoms with van der Waals surface area (Å²) in [5, 5.41) is 31.0. The molecular weight excluding hydrogens is 438 g/mol. The van der Waals surface area contributed by atoms with Crippen LogP contribution in [-0.4, -0.2) is 43.2 Å². The van der Waals surface area contributed by atoms with Crippen LogP contribution in [0.3, 0.4) is 0 Å². The van der Waals surface area contributed by atoms with E-state index in [0.29, 0.717) is 10.8 Å². The van der Waals surface area contributed by atoms with Crippen molar-refractivity contribution < 1.29 is 19.9 Å². The molecule has 6 nitrogen and oxygen atoms in total. The van der Waals surface area contributed by atoms with Gasteiger partial charge in [-0.2, -0.15) is 0 Å². The topological polar surface area (TPSA) is 101 Å². The highest BCUT2D eigenvalue weighted by molar-refractivity contribution is 6.30. The predicted molar refractivity (Wildman–Crippen MR) is 132 cm³/mol. The molecule has 1 atom stereocenters. The highest BCUT2D eigenvalue weighted by atomic mass is 35.5. The maximum absolute atomic E-state index is 10.4. The van der Waals surface area contributed by atoms with Gasteiger partial charge < -0.3 is 25.3 Å². The van der Waals surface area contributed by atoms with Crippen molar-refractivity contribution in [3.63, 3.8) is 0 Å². The Balaban J connectivity index is 0.000000442.